The molecule has 2 aromatic carbocycles. The SMILES string of the molecule is O=C1NC(=S)S/C1=C/c1ccc(OCc2ccc(Cl)cc2)cc1. The summed E-state index contributed by atoms with van der Waals surface area (Å²) in [5.41, 5.74) is 1.97. The molecule has 0 aliphatic carbocycles. The molecule has 0 spiro atoms. The Bertz CT molecular complexity index is 770. The molecular weight excluding hydrogens is 350 g/mol. The Morgan fingerprint density at radius 3 is 2.43 bits per heavy atom. The Morgan fingerprint density at radius 2 is 1.83 bits per heavy atom. The summed E-state index contributed by atoms with van der Waals surface area (Å²) in [5.74, 6) is 0.615. The maximum absolute atomic E-state index is 11.6. The number of ether oxygens (including phenoxy) is 1. The third kappa shape index (κ3) is 4.34. The molecule has 23 heavy (non-hydrogen) atoms. The maximum atomic E-state index is 11.6. The van der Waals surface area contributed by atoms with Gasteiger partial charge in [0.25, 0.3) is 5.91 Å². The van der Waals surface area contributed by atoms with Crippen molar-refractivity contribution in [3.8, 4) is 5.75 Å². The van der Waals surface area contributed by atoms with E-state index in [2.05, 4.69) is 5.32 Å². The molecule has 1 aliphatic heterocycles. The number of thiocarbonyl (C=S) groups is 1. The third-order valence-electron chi connectivity index (χ3n) is 3.14. The molecule has 2 aromatic rings. The second kappa shape index (κ2) is 7.17. The van der Waals surface area contributed by atoms with E-state index in [1.54, 1.807) is 0 Å². The average molecular weight is 362 g/mol. The maximum Gasteiger partial charge on any atom is 0.263 e. The molecule has 0 atom stereocenters. The normalized spacial score (nSPS) is 15.8. The minimum absolute atomic E-state index is 0.150. The molecule has 1 heterocycles. The highest BCUT2D eigenvalue weighted by molar-refractivity contribution is 8.26. The fraction of sp³-hybridized carbons (Fsp3) is 0.0588. The van der Waals surface area contributed by atoms with Crippen LogP contribution < -0.4 is 10.1 Å². The summed E-state index contributed by atoms with van der Waals surface area (Å²) in [7, 11) is 0. The molecule has 3 nitrogen and oxygen atoms in total. The van der Waals surface area contributed by atoms with Crippen LogP contribution in [0.15, 0.2) is 53.4 Å². The van der Waals surface area contributed by atoms with Gasteiger partial charge in [0.05, 0.1) is 4.91 Å². The number of amides is 1. The first-order valence-electron chi connectivity index (χ1n) is 6.82. The lowest BCUT2D eigenvalue weighted by atomic mass is 10.2. The summed E-state index contributed by atoms with van der Waals surface area (Å²) in [5, 5.41) is 3.30. The lowest BCUT2D eigenvalue weighted by molar-refractivity contribution is -0.115. The number of hydrogen-bond acceptors (Lipinski definition) is 4. The van der Waals surface area contributed by atoms with Crippen molar-refractivity contribution in [3.63, 3.8) is 0 Å². The standard InChI is InChI=1S/C17H12ClNO2S2/c18-13-5-1-12(2-6-13)10-21-14-7-3-11(4-8-14)9-15-16(20)19-17(22)23-15/h1-9H,10H2,(H,19,20,22)/b15-9+. The van der Waals surface area contributed by atoms with Crippen LogP contribution in [0.1, 0.15) is 11.1 Å². The van der Waals surface area contributed by atoms with Crippen molar-refractivity contribution in [2.75, 3.05) is 0 Å². The molecule has 0 aromatic heterocycles. The van der Waals surface area contributed by atoms with Crippen LogP contribution in [0.5, 0.6) is 5.75 Å². The van der Waals surface area contributed by atoms with Gasteiger partial charge in [0.1, 0.15) is 16.7 Å². The van der Waals surface area contributed by atoms with Crippen molar-refractivity contribution in [2.24, 2.45) is 0 Å². The van der Waals surface area contributed by atoms with Gasteiger partial charge < -0.3 is 10.1 Å². The molecule has 1 aliphatic rings. The van der Waals surface area contributed by atoms with Crippen LogP contribution in [0.4, 0.5) is 0 Å². The molecule has 1 saturated heterocycles. The quantitative estimate of drug-likeness (QED) is 0.646. The van der Waals surface area contributed by atoms with Gasteiger partial charge in [-0.3, -0.25) is 4.79 Å². The number of thioether (sulfide) groups is 1. The number of nitrogens with one attached hydrogen (secondary N) is 1. The molecule has 3 rings (SSSR count). The van der Waals surface area contributed by atoms with Gasteiger partial charge in [-0.05, 0) is 41.5 Å². The highest BCUT2D eigenvalue weighted by atomic mass is 35.5. The van der Waals surface area contributed by atoms with Crippen molar-refractivity contribution in [2.45, 2.75) is 6.61 Å². The lowest BCUT2D eigenvalue weighted by Gasteiger charge is -2.06. The van der Waals surface area contributed by atoms with E-state index < -0.39 is 0 Å². The van der Waals surface area contributed by atoms with Crippen molar-refractivity contribution in [1.82, 2.24) is 5.32 Å². The lowest BCUT2D eigenvalue weighted by Crippen LogP contribution is -2.17. The van der Waals surface area contributed by atoms with E-state index in [0.717, 1.165) is 16.9 Å². The summed E-state index contributed by atoms with van der Waals surface area (Å²) in [6, 6.07) is 15.1. The molecule has 6 heteroatoms. The number of carbonyl (C=O) groups excluding carboxylic acids is 1. The second-order valence-corrected chi connectivity index (χ2v) is 6.99. The molecule has 0 unspecified atom stereocenters. The average Bonchev–Trinajstić information content (AvgIpc) is 2.86. The topological polar surface area (TPSA) is 38.3 Å². The summed E-state index contributed by atoms with van der Waals surface area (Å²) >= 11 is 12.1. The van der Waals surface area contributed by atoms with Crippen LogP contribution in [0.25, 0.3) is 6.08 Å². The second-order valence-electron chi connectivity index (χ2n) is 4.84. The van der Waals surface area contributed by atoms with Crippen LogP contribution in [0, 0.1) is 0 Å². The largest absolute Gasteiger partial charge is 0.489 e. The van der Waals surface area contributed by atoms with E-state index in [9.17, 15) is 4.79 Å². The first kappa shape index (κ1) is 16.1. The van der Waals surface area contributed by atoms with Crippen molar-refractivity contribution in [3.05, 3.63) is 69.6 Å². The van der Waals surface area contributed by atoms with Crippen molar-refractivity contribution in [1.29, 1.82) is 0 Å². The predicted octanol–water partition coefficient (Wildman–Crippen LogP) is 4.41. The molecule has 116 valence electrons. The third-order valence-corrected chi connectivity index (χ3v) is 4.55. The van der Waals surface area contributed by atoms with Crippen molar-refractivity contribution < 1.29 is 9.53 Å². The summed E-state index contributed by atoms with van der Waals surface area (Å²) < 4.78 is 6.22. The fourth-order valence-electron chi connectivity index (χ4n) is 1.98. The van der Waals surface area contributed by atoms with Gasteiger partial charge in [-0.2, -0.15) is 0 Å². The number of hydrogen-bond donors (Lipinski definition) is 1. The number of carbonyl (C=O) groups is 1. The Balaban J connectivity index is 1.63. The zero-order chi connectivity index (χ0) is 16.2. The number of benzene rings is 2. The minimum Gasteiger partial charge on any atom is -0.489 e. The molecule has 1 amide bonds. The zero-order valence-electron chi connectivity index (χ0n) is 11.9. The van der Waals surface area contributed by atoms with E-state index in [1.807, 2.05) is 54.6 Å². The molecule has 0 bridgehead atoms. The van der Waals surface area contributed by atoms with Crippen LogP contribution in [-0.2, 0) is 11.4 Å². The Morgan fingerprint density at radius 1 is 1.13 bits per heavy atom. The fourth-order valence-corrected chi connectivity index (χ4v) is 3.15. The Kier molecular flexibility index (Phi) is 5.00. The molecule has 0 radical (unpaired) electrons. The van der Waals surface area contributed by atoms with Gasteiger partial charge in [0.2, 0.25) is 0 Å². The van der Waals surface area contributed by atoms with E-state index in [0.29, 0.717) is 20.9 Å². The van der Waals surface area contributed by atoms with Crippen LogP contribution >= 0.6 is 35.6 Å². The first-order valence-corrected chi connectivity index (χ1v) is 8.42. The minimum atomic E-state index is -0.150. The van der Waals surface area contributed by atoms with Gasteiger partial charge in [0, 0.05) is 5.02 Å². The Labute approximate surface area is 148 Å². The van der Waals surface area contributed by atoms with Crippen molar-refractivity contribution >= 4 is 51.9 Å². The summed E-state index contributed by atoms with van der Waals surface area (Å²) in [6.07, 6.45) is 1.81. The van der Waals surface area contributed by atoms with E-state index in [1.165, 1.54) is 11.8 Å². The first-order chi connectivity index (χ1) is 11.1. The highest BCUT2D eigenvalue weighted by Crippen LogP contribution is 2.26. The van der Waals surface area contributed by atoms with Gasteiger partial charge in [-0.1, -0.05) is 59.8 Å². The van der Waals surface area contributed by atoms with Gasteiger partial charge >= 0.3 is 0 Å². The van der Waals surface area contributed by atoms with E-state index in [4.69, 9.17) is 28.6 Å². The van der Waals surface area contributed by atoms with Crippen LogP contribution in [-0.4, -0.2) is 10.2 Å². The van der Waals surface area contributed by atoms with Gasteiger partial charge in [-0.25, -0.2) is 0 Å². The predicted molar refractivity (Wildman–Crippen MR) is 98.5 cm³/mol. The monoisotopic (exact) mass is 361 g/mol. The van der Waals surface area contributed by atoms with Crippen LogP contribution in [0.3, 0.4) is 0 Å². The van der Waals surface area contributed by atoms with E-state index >= 15 is 0 Å². The molecule has 0 saturated carbocycles. The molecule has 1 fully saturated rings. The summed E-state index contributed by atoms with van der Waals surface area (Å²) in [6.45, 7) is 0.476. The Hall–Kier alpha value is -1.82. The van der Waals surface area contributed by atoms with E-state index in [-0.39, 0.29) is 5.91 Å². The number of rotatable bonds is 4. The van der Waals surface area contributed by atoms with Gasteiger partial charge in [0.15, 0.2) is 0 Å². The summed E-state index contributed by atoms with van der Waals surface area (Å²) in [4.78, 5) is 12.2. The smallest absolute Gasteiger partial charge is 0.263 e. The zero-order valence-corrected chi connectivity index (χ0v) is 14.3. The van der Waals surface area contributed by atoms with Gasteiger partial charge in [-0.15, -0.1) is 0 Å². The van der Waals surface area contributed by atoms with Crippen LogP contribution in [0.2, 0.25) is 5.02 Å². The highest BCUT2D eigenvalue weighted by Gasteiger charge is 2.21. The molecule has 1 N–H and O–H groups in total. The number of halogens is 1. The molecular formula is C17H12ClNO2S2.